The van der Waals surface area contributed by atoms with Gasteiger partial charge in [-0.05, 0) is 93.6 Å². The van der Waals surface area contributed by atoms with Crippen LogP contribution in [0.5, 0.6) is 5.75 Å². The molecule has 1 aromatic carbocycles. The summed E-state index contributed by atoms with van der Waals surface area (Å²) in [6, 6.07) is 8.73. The Balaban J connectivity index is 1.15. The van der Waals surface area contributed by atoms with Crippen molar-refractivity contribution in [2.45, 2.75) is 83.9 Å². The number of likely N-dealkylation sites (tertiary alicyclic amines) is 2. The first kappa shape index (κ1) is 27.2. The minimum absolute atomic E-state index is 0.0384. The number of carbonyl (C=O) groups is 1. The first-order valence-electron chi connectivity index (χ1n) is 15.7. The van der Waals surface area contributed by atoms with Crippen molar-refractivity contribution in [1.82, 2.24) is 19.4 Å². The topological polar surface area (TPSA) is 76.9 Å². The van der Waals surface area contributed by atoms with Crippen molar-refractivity contribution in [1.29, 1.82) is 0 Å². The van der Waals surface area contributed by atoms with Gasteiger partial charge in [0.15, 0.2) is 5.88 Å². The molecule has 4 aliphatic rings. The third kappa shape index (κ3) is 4.51. The molecule has 0 bridgehead atoms. The van der Waals surface area contributed by atoms with Crippen LogP contribution in [0.15, 0.2) is 41.5 Å². The molecule has 0 N–H and O–H groups in total. The SMILES string of the molecule is C=C(Oc1ccc2nc3c(c(CC)c2c1)Cn1c-3cc2c(c1=O)COC(=O)[C@@H]2CC)N1CCC(N2CCCCC2)CC1. The minimum Gasteiger partial charge on any atom is -0.460 e. The average molecular weight is 569 g/mol. The Hall–Kier alpha value is -3.65. The van der Waals surface area contributed by atoms with Crippen LogP contribution in [0, 0.1) is 0 Å². The maximum Gasteiger partial charge on any atom is 0.313 e. The molecule has 2 aromatic heterocycles. The lowest BCUT2D eigenvalue weighted by atomic mass is 9.90. The lowest BCUT2D eigenvalue weighted by Gasteiger charge is -2.41. The van der Waals surface area contributed by atoms with Gasteiger partial charge in [-0.15, -0.1) is 0 Å². The van der Waals surface area contributed by atoms with Crippen LogP contribution in [0.4, 0.5) is 0 Å². The standard InChI is InChI=1S/C34H40N4O4/c1-4-24-27-17-23(42-21(3)36-15-11-22(12-16-36)37-13-7-6-8-14-37)9-10-30(27)35-32-28(24)19-38-31(32)18-26-25(5-2)34(40)41-20-29(26)33(38)39/h9-10,17-18,22,25H,3-8,11-16,19-20H2,1-2H3/t25-/m1/s1. The van der Waals surface area contributed by atoms with E-state index in [4.69, 9.17) is 14.5 Å². The maximum atomic E-state index is 13.6. The fraction of sp³-hybridized carbons (Fsp3) is 0.500. The van der Waals surface area contributed by atoms with E-state index < -0.39 is 5.92 Å². The molecule has 7 rings (SSSR count). The van der Waals surface area contributed by atoms with Crippen molar-refractivity contribution < 1.29 is 14.3 Å². The van der Waals surface area contributed by atoms with Gasteiger partial charge in [0.25, 0.3) is 5.56 Å². The summed E-state index contributed by atoms with van der Waals surface area (Å²) in [5.41, 5.74) is 6.05. The number of piperidine rings is 2. The smallest absolute Gasteiger partial charge is 0.313 e. The predicted molar refractivity (Wildman–Crippen MR) is 163 cm³/mol. The van der Waals surface area contributed by atoms with E-state index in [0.717, 1.165) is 71.5 Å². The number of benzene rings is 1. The molecule has 0 amide bonds. The van der Waals surface area contributed by atoms with E-state index in [0.29, 0.717) is 30.5 Å². The van der Waals surface area contributed by atoms with Crippen LogP contribution in [0.2, 0.25) is 0 Å². The zero-order valence-electron chi connectivity index (χ0n) is 24.8. The molecule has 2 fully saturated rings. The molecule has 42 heavy (non-hydrogen) atoms. The molecule has 220 valence electrons. The number of hydrogen-bond donors (Lipinski definition) is 0. The second kappa shape index (κ2) is 10.9. The van der Waals surface area contributed by atoms with Gasteiger partial charge in [-0.3, -0.25) is 9.59 Å². The molecule has 3 aromatic rings. The van der Waals surface area contributed by atoms with E-state index >= 15 is 0 Å². The van der Waals surface area contributed by atoms with Crippen LogP contribution in [-0.2, 0) is 29.1 Å². The van der Waals surface area contributed by atoms with Gasteiger partial charge in [-0.2, -0.15) is 0 Å². The van der Waals surface area contributed by atoms with Crippen molar-refractivity contribution in [2.75, 3.05) is 26.2 Å². The van der Waals surface area contributed by atoms with Crippen molar-refractivity contribution in [3.05, 3.63) is 69.3 Å². The zero-order chi connectivity index (χ0) is 29.0. The third-order valence-electron chi connectivity index (χ3n) is 9.91. The van der Waals surface area contributed by atoms with Crippen molar-refractivity contribution in [3.8, 4) is 17.1 Å². The van der Waals surface area contributed by atoms with Gasteiger partial charge >= 0.3 is 5.97 Å². The molecule has 4 aliphatic heterocycles. The molecule has 0 saturated carbocycles. The number of aryl methyl sites for hydroxylation is 1. The van der Waals surface area contributed by atoms with Gasteiger partial charge in [-0.25, -0.2) is 4.98 Å². The van der Waals surface area contributed by atoms with E-state index in [-0.39, 0.29) is 18.1 Å². The maximum absolute atomic E-state index is 13.6. The third-order valence-corrected chi connectivity index (χ3v) is 9.91. The van der Waals surface area contributed by atoms with Crippen molar-refractivity contribution in [3.63, 3.8) is 0 Å². The summed E-state index contributed by atoms with van der Waals surface area (Å²) in [5.74, 6) is 0.789. The van der Waals surface area contributed by atoms with Crippen molar-refractivity contribution in [2.24, 2.45) is 0 Å². The molecule has 0 unspecified atom stereocenters. The number of nitrogens with zero attached hydrogens (tertiary/aromatic N) is 4. The van der Waals surface area contributed by atoms with Gasteiger partial charge in [0, 0.05) is 30.1 Å². The van der Waals surface area contributed by atoms with Crippen molar-refractivity contribution >= 4 is 16.9 Å². The normalized spacial score (nSPS) is 20.7. The Labute approximate surface area is 246 Å². The molecule has 2 saturated heterocycles. The van der Waals surface area contributed by atoms with Gasteiger partial charge in [0.05, 0.1) is 34.9 Å². The Morgan fingerprint density at radius 2 is 1.83 bits per heavy atom. The first-order chi connectivity index (χ1) is 20.5. The number of carbonyl (C=O) groups excluding carboxylic acids is 1. The number of hydrogen-bond acceptors (Lipinski definition) is 7. The summed E-state index contributed by atoms with van der Waals surface area (Å²) in [7, 11) is 0. The van der Waals surface area contributed by atoms with Crippen LogP contribution in [0.1, 0.15) is 80.5 Å². The molecule has 8 heteroatoms. The van der Waals surface area contributed by atoms with E-state index in [9.17, 15) is 9.59 Å². The molecular formula is C34H40N4O4. The molecule has 8 nitrogen and oxygen atoms in total. The Morgan fingerprint density at radius 3 is 2.57 bits per heavy atom. The van der Waals surface area contributed by atoms with Crippen LogP contribution in [0.3, 0.4) is 0 Å². The number of ether oxygens (including phenoxy) is 2. The van der Waals surface area contributed by atoms with Crippen LogP contribution >= 0.6 is 0 Å². The predicted octanol–water partition coefficient (Wildman–Crippen LogP) is 5.34. The van der Waals surface area contributed by atoms with Crippen LogP contribution in [-0.4, -0.2) is 57.5 Å². The molecule has 0 aliphatic carbocycles. The number of cyclic esters (lactones) is 1. The van der Waals surface area contributed by atoms with E-state index in [1.54, 1.807) is 4.57 Å². The average Bonchev–Trinajstić information content (AvgIpc) is 3.38. The summed E-state index contributed by atoms with van der Waals surface area (Å²) in [4.78, 5) is 36.0. The zero-order valence-corrected chi connectivity index (χ0v) is 24.8. The van der Waals surface area contributed by atoms with Crippen LogP contribution < -0.4 is 10.3 Å². The fourth-order valence-corrected chi connectivity index (χ4v) is 7.59. The van der Waals surface area contributed by atoms with Crippen LogP contribution in [0.25, 0.3) is 22.3 Å². The quantitative estimate of drug-likeness (QED) is 0.230. The largest absolute Gasteiger partial charge is 0.460 e. The number of fused-ring (bicyclic) bond motifs is 5. The molecule has 0 radical (unpaired) electrons. The highest BCUT2D eigenvalue weighted by Crippen LogP contribution is 2.39. The Kier molecular flexibility index (Phi) is 7.05. The summed E-state index contributed by atoms with van der Waals surface area (Å²) in [6.45, 7) is 13.3. The van der Waals surface area contributed by atoms with Gasteiger partial charge in [0.1, 0.15) is 12.4 Å². The fourth-order valence-electron chi connectivity index (χ4n) is 7.59. The van der Waals surface area contributed by atoms with E-state index in [2.05, 4.69) is 29.4 Å². The number of aromatic nitrogens is 2. The molecule has 1 atom stereocenters. The molecule has 6 heterocycles. The molecule has 0 spiro atoms. The summed E-state index contributed by atoms with van der Waals surface area (Å²) >= 11 is 0. The van der Waals surface area contributed by atoms with Gasteiger partial charge in [-0.1, -0.05) is 20.3 Å². The van der Waals surface area contributed by atoms with Gasteiger partial charge in [0.2, 0.25) is 0 Å². The summed E-state index contributed by atoms with van der Waals surface area (Å²) in [6.07, 6.45) is 7.73. The Bertz CT molecular complexity index is 1630. The first-order valence-corrected chi connectivity index (χ1v) is 15.7. The van der Waals surface area contributed by atoms with Gasteiger partial charge < -0.3 is 23.8 Å². The number of esters is 1. The summed E-state index contributed by atoms with van der Waals surface area (Å²) in [5, 5.41) is 1.04. The number of rotatable bonds is 6. The second-order valence-electron chi connectivity index (χ2n) is 12.2. The van der Waals surface area contributed by atoms with E-state index in [1.165, 1.54) is 37.9 Å². The minimum atomic E-state index is -0.411. The number of pyridine rings is 2. The second-order valence-corrected chi connectivity index (χ2v) is 12.2. The lowest BCUT2D eigenvalue weighted by molar-refractivity contribution is -0.148. The van der Waals surface area contributed by atoms with E-state index in [1.807, 2.05) is 25.1 Å². The highest BCUT2D eigenvalue weighted by Gasteiger charge is 2.35. The Morgan fingerprint density at radius 1 is 1.05 bits per heavy atom. The lowest BCUT2D eigenvalue weighted by Crippen LogP contribution is -2.46. The summed E-state index contributed by atoms with van der Waals surface area (Å²) < 4.78 is 13.5. The highest BCUT2D eigenvalue weighted by atomic mass is 16.5. The monoisotopic (exact) mass is 568 g/mol. The highest BCUT2D eigenvalue weighted by molar-refractivity contribution is 5.89. The molecular weight excluding hydrogens is 528 g/mol.